The number of rotatable bonds is 4. The minimum Gasteiger partial charge on any atom is -0.303 e. The van der Waals surface area contributed by atoms with Gasteiger partial charge in [0.2, 0.25) is 0 Å². The molecule has 0 spiro atoms. The van der Waals surface area contributed by atoms with Crippen LogP contribution in [0.1, 0.15) is 18.4 Å². The van der Waals surface area contributed by atoms with Crippen molar-refractivity contribution in [3.05, 3.63) is 42.5 Å². The summed E-state index contributed by atoms with van der Waals surface area (Å²) in [6, 6.07) is 9.93. The third-order valence-electron chi connectivity index (χ3n) is 1.75. The van der Waals surface area contributed by atoms with Crippen molar-refractivity contribution in [3.8, 4) is 0 Å². The van der Waals surface area contributed by atoms with Crippen molar-refractivity contribution in [2.45, 2.75) is 12.8 Å². The Kier molecular flexibility index (Phi) is 3.27. The van der Waals surface area contributed by atoms with Crippen LogP contribution in [0.2, 0.25) is 0 Å². The topological polar surface area (TPSA) is 17.1 Å². The second-order valence-electron chi connectivity index (χ2n) is 2.67. The first-order valence-electron chi connectivity index (χ1n) is 4.01. The van der Waals surface area contributed by atoms with Crippen LogP contribution in [0.4, 0.5) is 0 Å². The molecule has 1 heteroatoms. The van der Waals surface area contributed by atoms with E-state index in [0.717, 1.165) is 23.8 Å². The Hall–Kier alpha value is -1.37. The van der Waals surface area contributed by atoms with Crippen molar-refractivity contribution < 1.29 is 4.79 Å². The van der Waals surface area contributed by atoms with E-state index in [1.807, 2.05) is 30.3 Å². The van der Waals surface area contributed by atoms with Crippen LogP contribution in [0.15, 0.2) is 36.9 Å². The first kappa shape index (κ1) is 8.72. The zero-order valence-electron chi connectivity index (χ0n) is 6.99. The SMILES string of the molecule is C=C(CCC=O)c1ccccc1. The Balaban J connectivity index is 2.59. The quantitative estimate of drug-likeness (QED) is 0.619. The first-order chi connectivity index (χ1) is 5.84. The van der Waals surface area contributed by atoms with Gasteiger partial charge in [-0.3, -0.25) is 0 Å². The zero-order chi connectivity index (χ0) is 8.81. The lowest BCUT2D eigenvalue weighted by Crippen LogP contribution is -1.83. The molecule has 1 aromatic rings. The zero-order valence-corrected chi connectivity index (χ0v) is 6.99. The molecule has 0 heterocycles. The molecule has 0 bridgehead atoms. The summed E-state index contributed by atoms with van der Waals surface area (Å²) >= 11 is 0. The van der Waals surface area contributed by atoms with Crippen LogP contribution in [0.3, 0.4) is 0 Å². The average molecular weight is 160 g/mol. The number of allylic oxidation sites excluding steroid dienone is 1. The Morgan fingerprint density at radius 3 is 2.58 bits per heavy atom. The Morgan fingerprint density at radius 2 is 2.00 bits per heavy atom. The molecule has 0 amide bonds. The molecule has 0 atom stereocenters. The molecule has 0 fully saturated rings. The molecule has 1 rings (SSSR count). The predicted octanol–water partition coefficient (Wildman–Crippen LogP) is 2.68. The fourth-order valence-corrected chi connectivity index (χ4v) is 1.05. The summed E-state index contributed by atoms with van der Waals surface area (Å²) < 4.78 is 0. The third kappa shape index (κ3) is 2.35. The van der Waals surface area contributed by atoms with Gasteiger partial charge in [-0.05, 0) is 17.6 Å². The second kappa shape index (κ2) is 4.50. The van der Waals surface area contributed by atoms with Crippen LogP contribution in [-0.2, 0) is 4.79 Å². The van der Waals surface area contributed by atoms with Crippen molar-refractivity contribution >= 4 is 11.9 Å². The number of carbonyl (C=O) groups is 1. The molecule has 12 heavy (non-hydrogen) atoms. The summed E-state index contributed by atoms with van der Waals surface area (Å²) in [7, 11) is 0. The standard InChI is InChI=1S/C11H12O/c1-10(6-5-9-12)11-7-3-2-4-8-11/h2-4,7-9H,1,5-6H2. The number of benzene rings is 1. The summed E-state index contributed by atoms with van der Waals surface area (Å²) in [6.07, 6.45) is 2.25. The van der Waals surface area contributed by atoms with E-state index in [9.17, 15) is 4.79 Å². The van der Waals surface area contributed by atoms with E-state index >= 15 is 0 Å². The van der Waals surface area contributed by atoms with E-state index in [1.165, 1.54) is 0 Å². The van der Waals surface area contributed by atoms with Gasteiger partial charge in [0.1, 0.15) is 6.29 Å². The lowest BCUT2D eigenvalue weighted by molar-refractivity contribution is -0.107. The number of hydrogen-bond donors (Lipinski definition) is 0. The fourth-order valence-electron chi connectivity index (χ4n) is 1.05. The van der Waals surface area contributed by atoms with Gasteiger partial charge in [-0.1, -0.05) is 36.9 Å². The van der Waals surface area contributed by atoms with E-state index in [-0.39, 0.29) is 0 Å². The van der Waals surface area contributed by atoms with Crippen LogP contribution in [-0.4, -0.2) is 6.29 Å². The van der Waals surface area contributed by atoms with Gasteiger partial charge in [0, 0.05) is 6.42 Å². The van der Waals surface area contributed by atoms with Gasteiger partial charge >= 0.3 is 0 Å². The summed E-state index contributed by atoms with van der Waals surface area (Å²) in [4.78, 5) is 10.1. The summed E-state index contributed by atoms with van der Waals surface area (Å²) in [5.41, 5.74) is 2.15. The molecule has 0 aliphatic rings. The Labute approximate surface area is 72.7 Å². The van der Waals surface area contributed by atoms with Gasteiger partial charge in [0.25, 0.3) is 0 Å². The van der Waals surface area contributed by atoms with Crippen molar-refractivity contribution in [1.29, 1.82) is 0 Å². The maximum Gasteiger partial charge on any atom is 0.120 e. The molecule has 1 aromatic carbocycles. The highest BCUT2D eigenvalue weighted by atomic mass is 16.1. The maximum atomic E-state index is 10.1. The molecular formula is C11H12O. The monoisotopic (exact) mass is 160 g/mol. The lowest BCUT2D eigenvalue weighted by atomic mass is 10.0. The van der Waals surface area contributed by atoms with E-state index in [4.69, 9.17) is 0 Å². The molecule has 0 unspecified atom stereocenters. The van der Waals surface area contributed by atoms with Gasteiger partial charge in [0.15, 0.2) is 0 Å². The molecule has 1 nitrogen and oxygen atoms in total. The van der Waals surface area contributed by atoms with E-state index in [1.54, 1.807) is 0 Å². The lowest BCUT2D eigenvalue weighted by Gasteiger charge is -2.01. The van der Waals surface area contributed by atoms with Gasteiger partial charge in [-0.2, -0.15) is 0 Å². The highest BCUT2D eigenvalue weighted by Gasteiger charge is 1.95. The number of hydrogen-bond acceptors (Lipinski definition) is 1. The molecule has 0 saturated carbocycles. The normalized spacial score (nSPS) is 9.33. The Morgan fingerprint density at radius 1 is 1.33 bits per heavy atom. The average Bonchev–Trinajstić information content (AvgIpc) is 2.15. The molecule has 0 N–H and O–H groups in total. The molecule has 0 aliphatic carbocycles. The van der Waals surface area contributed by atoms with Crippen molar-refractivity contribution in [2.75, 3.05) is 0 Å². The van der Waals surface area contributed by atoms with Crippen molar-refractivity contribution in [3.63, 3.8) is 0 Å². The van der Waals surface area contributed by atoms with Gasteiger partial charge in [-0.15, -0.1) is 0 Å². The van der Waals surface area contributed by atoms with Crippen LogP contribution in [0.5, 0.6) is 0 Å². The third-order valence-corrected chi connectivity index (χ3v) is 1.75. The van der Waals surface area contributed by atoms with E-state index in [0.29, 0.717) is 6.42 Å². The summed E-state index contributed by atoms with van der Waals surface area (Å²) in [5.74, 6) is 0. The highest BCUT2D eigenvalue weighted by molar-refractivity contribution is 5.65. The minimum atomic E-state index is 0.563. The molecule has 0 aromatic heterocycles. The van der Waals surface area contributed by atoms with Crippen LogP contribution >= 0.6 is 0 Å². The number of carbonyl (C=O) groups excluding carboxylic acids is 1. The second-order valence-corrected chi connectivity index (χ2v) is 2.67. The van der Waals surface area contributed by atoms with Crippen molar-refractivity contribution in [1.82, 2.24) is 0 Å². The first-order valence-corrected chi connectivity index (χ1v) is 4.01. The van der Waals surface area contributed by atoms with Crippen molar-refractivity contribution in [2.24, 2.45) is 0 Å². The maximum absolute atomic E-state index is 10.1. The number of aldehydes is 1. The molecule has 62 valence electrons. The van der Waals surface area contributed by atoms with Gasteiger partial charge in [0.05, 0.1) is 0 Å². The van der Waals surface area contributed by atoms with Crippen LogP contribution in [0.25, 0.3) is 5.57 Å². The molecule has 0 aliphatic heterocycles. The summed E-state index contributed by atoms with van der Waals surface area (Å²) in [6.45, 7) is 3.90. The molecule has 0 saturated heterocycles. The molecule has 0 radical (unpaired) electrons. The molecular weight excluding hydrogens is 148 g/mol. The van der Waals surface area contributed by atoms with E-state index < -0.39 is 0 Å². The smallest absolute Gasteiger partial charge is 0.120 e. The largest absolute Gasteiger partial charge is 0.303 e. The Bertz CT molecular complexity index is 262. The van der Waals surface area contributed by atoms with Crippen LogP contribution < -0.4 is 0 Å². The van der Waals surface area contributed by atoms with Gasteiger partial charge < -0.3 is 4.79 Å². The summed E-state index contributed by atoms with van der Waals surface area (Å²) in [5, 5.41) is 0. The highest BCUT2D eigenvalue weighted by Crippen LogP contribution is 2.15. The fraction of sp³-hybridized carbons (Fsp3) is 0.182. The van der Waals surface area contributed by atoms with Crippen LogP contribution in [0, 0.1) is 0 Å². The predicted molar refractivity (Wildman–Crippen MR) is 50.8 cm³/mol. The van der Waals surface area contributed by atoms with E-state index in [2.05, 4.69) is 6.58 Å². The van der Waals surface area contributed by atoms with Gasteiger partial charge in [-0.25, -0.2) is 0 Å². The minimum absolute atomic E-state index is 0.563.